The van der Waals surface area contributed by atoms with Crippen molar-refractivity contribution in [2.45, 2.75) is 64.8 Å². The highest BCUT2D eigenvalue weighted by Gasteiger charge is 2.18. The molecule has 0 heterocycles. The molecule has 0 saturated heterocycles. The molecule has 6 heteroatoms. The number of phosphoric acid groups is 1. The first-order valence-corrected chi connectivity index (χ1v) is 8.38. The Morgan fingerprint density at radius 1 is 1.11 bits per heavy atom. The fourth-order valence-corrected chi connectivity index (χ4v) is 2.49. The molecule has 1 aliphatic rings. The van der Waals surface area contributed by atoms with E-state index in [1.54, 1.807) is 0 Å². The second kappa shape index (κ2) is 10.9. The quantitative estimate of drug-likeness (QED) is 0.730. The lowest BCUT2D eigenvalue weighted by atomic mass is 9.97. The summed E-state index contributed by atoms with van der Waals surface area (Å²) in [4.78, 5) is 8.89. The van der Waals surface area contributed by atoms with Crippen LogP contribution in [0.25, 0.3) is 0 Å². The van der Waals surface area contributed by atoms with E-state index in [2.05, 4.69) is 9.05 Å². The van der Waals surface area contributed by atoms with Crippen LogP contribution in [0.3, 0.4) is 0 Å². The molecule has 110 valence electrons. The Labute approximate surface area is 111 Å². The van der Waals surface area contributed by atoms with Crippen molar-refractivity contribution in [2.75, 3.05) is 13.2 Å². The van der Waals surface area contributed by atoms with Crippen molar-refractivity contribution in [2.24, 2.45) is 5.73 Å². The van der Waals surface area contributed by atoms with Crippen LogP contribution >= 0.6 is 7.82 Å². The minimum atomic E-state index is -3.73. The molecule has 0 bridgehead atoms. The van der Waals surface area contributed by atoms with Crippen LogP contribution in [-0.2, 0) is 13.6 Å². The van der Waals surface area contributed by atoms with Gasteiger partial charge in [0.1, 0.15) is 0 Å². The van der Waals surface area contributed by atoms with Gasteiger partial charge < -0.3 is 10.6 Å². The predicted molar refractivity (Wildman–Crippen MR) is 73.4 cm³/mol. The molecule has 1 aliphatic carbocycles. The zero-order valence-corrected chi connectivity index (χ0v) is 12.5. The zero-order chi connectivity index (χ0) is 13.9. The Morgan fingerprint density at radius 3 is 1.83 bits per heavy atom. The van der Waals surface area contributed by atoms with Crippen LogP contribution in [0.4, 0.5) is 0 Å². The van der Waals surface area contributed by atoms with Crippen LogP contribution in [0.15, 0.2) is 0 Å². The van der Waals surface area contributed by atoms with Crippen LogP contribution in [-0.4, -0.2) is 24.1 Å². The van der Waals surface area contributed by atoms with Crippen LogP contribution in [0, 0.1) is 0 Å². The van der Waals surface area contributed by atoms with Gasteiger partial charge in [0.15, 0.2) is 0 Å². The molecule has 0 radical (unpaired) electrons. The lowest BCUT2D eigenvalue weighted by Gasteiger charge is -2.15. The molecule has 1 fully saturated rings. The monoisotopic (exact) mass is 281 g/mol. The molecular weight excluding hydrogens is 253 g/mol. The summed E-state index contributed by atoms with van der Waals surface area (Å²) in [6, 6.07) is 0.536. The van der Waals surface area contributed by atoms with Gasteiger partial charge in [-0.1, -0.05) is 33.1 Å². The van der Waals surface area contributed by atoms with Crippen molar-refractivity contribution in [3.63, 3.8) is 0 Å². The summed E-state index contributed by atoms with van der Waals surface area (Å²) in [6.45, 7) is 4.24. The molecule has 0 amide bonds. The summed E-state index contributed by atoms with van der Waals surface area (Å²) < 4.78 is 20.0. The first-order chi connectivity index (χ1) is 8.52. The van der Waals surface area contributed by atoms with Gasteiger partial charge in [-0.2, -0.15) is 0 Å². The predicted octanol–water partition coefficient (Wildman–Crippen LogP) is 3.22. The van der Waals surface area contributed by atoms with Crippen molar-refractivity contribution >= 4 is 7.82 Å². The van der Waals surface area contributed by atoms with E-state index >= 15 is 0 Å². The molecule has 0 unspecified atom stereocenters. The molecule has 0 aliphatic heterocycles. The summed E-state index contributed by atoms with van der Waals surface area (Å²) in [7, 11) is -3.73. The lowest BCUT2D eigenvalue weighted by molar-refractivity contribution is 0.150. The van der Waals surface area contributed by atoms with E-state index in [4.69, 9.17) is 10.6 Å². The van der Waals surface area contributed by atoms with Gasteiger partial charge in [0.05, 0.1) is 13.2 Å². The molecule has 0 aromatic carbocycles. The van der Waals surface area contributed by atoms with E-state index < -0.39 is 7.82 Å². The summed E-state index contributed by atoms with van der Waals surface area (Å²) >= 11 is 0. The summed E-state index contributed by atoms with van der Waals surface area (Å²) in [5.41, 5.74) is 5.63. The highest BCUT2D eigenvalue weighted by atomic mass is 31.2. The van der Waals surface area contributed by atoms with E-state index in [9.17, 15) is 4.57 Å². The third-order valence-corrected chi connectivity index (χ3v) is 3.58. The van der Waals surface area contributed by atoms with Gasteiger partial charge in [-0.3, -0.25) is 9.05 Å². The van der Waals surface area contributed by atoms with Crippen molar-refractivity contribution in [1.82, 2.24) is 0 Å². The second-order valence-corrected chi connectivity index (χ2v) is 5.99. The normalized spacial score (nSPS) is 17.1. The van der Waals surface area contributed by atoms with Gasteiger partial charge in [0, 0.05) is 6.04 Å². The van der Waals surface area contributed by atoms with Crippen molar-refractivity contribution in [1.29, 1.82) is 0 Å². The Balaban J connectivity index is 0.000000351. The van der Waals surface area contributed by atoms with Gasteiger partial charge in [-0.05, 0) is 25.7 Å². The van der Waals surface area contributed by atoms with Crippen LogP contribution < -0.4 is 5.73 Å². The van der Waals surface area contributed by atoms with Gasteiger partial charge >= 0.3 is 7.82 Å². The van der Waals surface area contributed by atoms with E-state index in [-0.39, 0.29) is 13.2 Å². The van der Waals surface area contributed by atoms with Crippen molar-refractivity contribution in [3.8, 4) is 0 Å². The minimum Gasteiger partial charge on any atom is -0.328 e. The maximum Gasteiger partial charge on any atom is 0.472 e. The van der Waals surface area contributed by atoms with Crippen LogP contribution in [0.2, 0.25) is 0 Å². The fourth-order valence-electron chi connectivity index (χ4n) is 1.58. The van der Waals surface area contributed by atoms with Crippen LogP contribution in [0.1, 0.15) is 58.8 Å². The third-order valence-electron chi connectivity index (χ3n) is 2.57. The van der Waals surface area contributed by atoms with E-state index in [1.807, 2.05) is 13.8 Å². The van der Waals surface area contributed by atoms with Gasteiger partial charge in [-0.15, -0.1) is 0 Å². The summed E-state index contributed by atoms with van der Waals surface area (Å²) in [5, 5.41) is 0. The number of phosphoric ester groups is 1. The SMILES string of the molecule is CCCOP(=O)(O)OCCC.NC1CCCCC1. The van der Waals surface area contributed by atoms with Crippen molar-refractivity contribution in [3.05, 3.63) is 0 Å². The number of nitrogens with two attached hydrogens (primary N) is 1. The van der Waals surface area contributed by atoms with Crippen LogP contribution in [0.5, 0.6) is 0 Å². The molecular formula is C12H28NO4P. The number of hydrogen-bond donors (Lipinski definition) is 2. The van der Waals surface area contributed by atoms with Gasteiger partial charge in [-0.25, -0.2) is 4.57 Å². The first kappa shape index (κ1) is 18.1. The van der Waals surface area contributed by atoms with E-state index in [0.717, 1.165) is 0 Å². The van der Waals surface area contributed by atoms with E-state index in [1.165, 1.54) is 32.1 Å². The molecule has 0 aromatic rings. The smallest absolute Gasteiger partial charge is 0.328 e. The Bertz CT molecular complexity index is 220. The molecule has 3 N–H and O–H groups in total. The highest BCUT2D eigenvalue weighted by molar-refractivity contribution is 7.47. The Hall–Kier alpha value is 0.0700. The minimum absolute atomic E-state index is 0.261. The molecule has 1 rings (SSSR count). The lowest BCUT2D eigenvalue weighted by Crippen LogP contribution is -2.22. The largest absolute Gasteiger partial charge is 0.472 e. The van der Waals surface area contributed by atoms with Gasteiger partial charge in [0.25, 0.3) is 0 Å². The highest BCUT2D eigenvalue weighted by Crippen LogP contribution is 2.43. The Kier molecular flexibility index (Phi) is 11.0. The van der Waals surface area contributed by atoms with E-state index in [0.29, 0.717) is 18.9 Å². The zero-order valence-electron chi connectivity index (χ0n) is 11.6. The van der Waals surface area contributed by atoms with Gasteiger partial charge in [0.2, 0.25) is 0 Å². The molecule has 0 aromatic heterocycles. The molecule has 0 atom stereocenters. The molecule has 1 saturated carbocycles. The molecule has 0 spiro atoms. The second-order valence-electron chi connectivity index (χ2n) is 4.53. The molecule has 18 heavy (non-hydrogen) atoms. The number of rotatable bonds is 6. The standard InChI is InChI=1S/C6H13N.C6H15O4P/c7-6-4-2-1-3-5-6;1-3-5-9-11(7,8)10-6-4-2/h6H,1-5,7H2;3-6H2,1-2H3,(H,7,8). The Morgan fingerprint density at radius 2 is 1.56 bits per heavy atom. The molecule has 5 nitrogen and oxygen atoms in total. The topological polar surface area (TPSA) is 81.8 Å². The third kappa shape index (κ3) is 11.2. The van der Waals surface area contributed by atoms with Crippen molar-refractivity contribution < 1.29 is 18.5 Å². The summed E-state index contributed by atoms with van der Waals surface area (Å²) in [5.74, 6) is 0. The fraction of sp³-hybridized carbons (Fsp3) is 1.00. The first-order valence-electron chi connectivity index (χ1n) is 6.89. The number of hydrogen-bond acceptors (Lipinski definition) is 4. The summed E-state index contributed by atoms with van der Waals surface area (Å²) in [6.07, 6.45) is 8.08. The average molecular weight is 281 g/mol. The maximum atomic E-state index is 10.8. The average Bonchev–Trinajstić information content (AvgIpc) is 2.36. The maximum absolute atomic E-state index is 10.8.